The minimum Gasteiger partial charge on any atom is -0.314 e. The van der Waals surface area contributed by atoms with Gasteiger partial charge in [0.05, 0.1) is 0 Å². The highest BCUT2D eigenvalue weighted by Gasteiger charge is 2.03. The number of rotatable bonds is 3. The van der Waals surface area contributed by atoms with Gasteiger partial charge in [0.1, 0.15) is 0 Å². The van der Waals surface area contributed by atoms with E-state index >= 15 is 0 Å². The summed E-state index contributed by atoms with van der Waals surface area (Å²) in [4.78, 5) is 11.8. The summed E-state index contributed by atoms with van der Waals surface area (Å²) in [6, 6.07) is 13.4. The van der Waals surface area contributed by atoms with Crippen molar-refractivity contribution in [2.45, 2.75) is 13.8 Å². The molecule has 0 bridgehead atoms. The molecular formula is C17H17BrN2O. The number of amides is 2. The average molecular weight is 345 g/mol. The van der Waals surface area contributed by atoms with Crippen LogP contribution in [0, 0.1) is 13.8 Å². The second-order valence-electron chi connectivity index (χ2n) is 4.73. The lowest BCUT2D eigenvalue weighted by molar-refractivity contribution is 0.255. The summed E-state index contributed by atoms with van der Waals surface area (Å²) < 4.78 is 1.03. The Labute approximate surface area is 133 Å². The maximum atomic E-state index is 11.8. The molecule has 0 aliphatic heterocycles. The van der Waals surface area contributed by atoms with Crippen molar-refractivity contribution < 1.29 is 4.79 Å². The number of carbonyl (C=O) groups excluding carboxylic acids is 1. The van der Waals surface area contributed by atoms with Crippen molar-refractivity contribution in [3.05, 3.63) is 69.8 Å². The highest BCUT2D eigenvalue weighted by atomic mass is 79.9. The molecule has 2 N–H and O–H groups in total. The van der Waals surface area contributed by atoms with Gasteiger partial charge < -0.3 is 10.6 Å². The number of halogens is 1. The van der Waals surface area contributed by atoms with Gasteiger partial charge in [-0.15, -0.1) is 0 Å². The van der Waals surface area contributed by atoms with E-state index in [-0.39, 0.29) is 6.03 Å². The predicted octanol–water partition coefficient (Wildman–Crippen LogP) is 4.86. The third-order valence-corrected chi connectivity index (χ3v) is 3.74. The molecule has 2 amide bonds. The summed E-state index contributed by atoms with van der Waals surface area (Å²) >= 11 is 3.38. The zero-order chi connectivity index (χ0) is 15.2. The molecule has 0 atom stereocenters. The molecule has 3 nitrogen and oxygen atoms in total. The normalized spacial score (nSPS) is 10.6. The van der Waals surface area contributed by atoms with Crippen LogP contribution in [0.25, 0.3) is 6.08 Å². The average Bonchev–Trinajstić information content (AvgIpc) is 2.46. The summed E-state index contributed by atoms with van der Waals surface area (Å²) in [5, 5.41) is 5.54. The van der Waals surface area contributed by atoms with E-state index in [0.717, 1.165) is 26.9 Å². The third kappa shape index (κ3) is 4.46. The first-order chi connectivity index (χ1) is 10.1. The Kier molecular flexibility index (Phi) is 5.17. The monoisotopic (exact) mass is 344 g/mol. The lowest BCUT2D eigenvalue weighted by Gasteiger charge is -2.09. The standard InChI is InChI=1S/C17H17BrN2O/c1-12-4-3-5-16(13(12)2)20-17(21)19-11-10-14-6-8-15(18)9-7-14/h3-11H,1-2H3,(H2,19,20,21)/b11-10+. The van der Waals surface area contributed by atoms with E-state index in [1.165, 1.54) is 0 Å². The Hall–Kier alpha value is -2.07. The van der Waals surface area contributed by atoms with Crippen LogP contribution in [0.1, 0.15) is 16.7 Å². The van der Waals surface area contributed by atoms with Gasteiger partial charge in [0.2, 0.25) is 0 Å². The smallest absolute Gasteiger partial charge is 0.314 e. The van der Waals surface area contributed by atoms with Crippen LogP contribution in [0.2, 0.25) is 0 Å². The number of hydrogen-bond acceptors (Lipinski definition) is 1. The highest BCUT2D eigenvalue weighted by Crippen LogP contribution is 2.17. The molecule has 2 aromatic rings. The van der Waals surface area contributed by atoms with Gasteiger partial charge in [-0.25, -0.2) is 4.79 Å². The van der Waals surface area contributed by atoms with Gasteiger partial charge in [-0.1, -0.05) is 40.2 Å². The Morgan fingerprint density at radius 3 is 2.52 bits per heavy atom. The summed E-state index contributed by atoms with van der Waals surface area (Å²) in [6.45, 7) is 4.01. The van der Waals surface area contributed by atoms with Crippen LogP contribution >= 0.6 is 15.9 Å². The third-order valence-electron chi connectivity index (χ3n) is 3.21. The largest absolute Gasteiger partial charge is 0.323 e. The molecule has 0 unspecified atom stereocenters. The van der Waals surface area contributed by atoms with Gasteiger partial charge in [-0.2, -0.15) is 0 Å². The number of benzene rings is 2. The summed E-state index contributed by atoms with van der Waals surface area (Å²) in [7, 11) is 0. The SMILES string of the molecule is Cc1cccc(NC(=O)N/C=C/c2ccc(Br)cc2)c1C. The Morgan fingerprint density at radius 2 is 1.81 bits per heavy atom. The molecule has 0 radical (unpaired) electrons. The van der Waals surface area contributed by atoms with Crippen molar-refractivity contribution in [2.75, 3.05) is 5.32 Å². The molecular weight excluding hydrogens is 328 g/mol. The molecule has 108 valence electrons. The lowest BCUT2D eigenvalue weighted by Crippen LogP contribution is -2.24. The van der Waals surface area contributed by atoms with E-state index in [1.54, 1.807) is 6.20 Å². The number of anilines is 1. The Bertz CT molecular complexity index is 663. The molecule has 4 heteroatoms. The maximum Gasteiger partial charge on any atom is 0.323 e. The molecule has 2 aromatic carbocycles. The van der Waals surface area contributed by atoms with Gasteiger partial charge >= 0.3 is 6.03 Å². The summed E-state index contributed by atoms with van der Waals surface area (Å²) in [6.07, 6.45) is 3.47. The number of nitrogens with one attached hydrogen (secondary N) is 2. The zero-order valence-corrected chi connectivity index (χ0v) is 13.6. The first kappa shape index (κ1) is 15.3. The summed E-state index contributed by atoms with van der Waals surface area (Å²) in [5.74, 6) is 0. The molecule has 0 fully saturated rings. The fourth-order valence-electron chi connectivity index (χ4n) is 1.83. The quantitative estimate of drug-likeness (QED) is 0.820. The Balaban J connectivity index is 1.93. The fraction of sp³-hybridized carbons (Fsp3) is 0.118. The van der Waals surface area contributed by atoms with Crippen molar-refractivity contribution in [1.82, 2.24) is 5.32 Å². The van der Waals surface area contributed by atoms with Gasteiger partial charge in [-0.3, -0.25) is 0 Å². The topological polar surface area (TPSA) is 41.1 Å². The van der Waals surface area contributed by atoms with Crippen LogP contribution in [0.5, 0.6) is 0 Å². The first-order valence-corrected chi connectivity index (χ1v) is 7.41. The number of hydrogen-bond donors (Lipinski definition) is 2. The van der Waals surface area contributed by atoms with E-state index in [1.807, 2.05) is 62.4 Å². The zero-order valence-electron chi connectivity index (χ0n) is 12.0. The molecule has 0 aliphatic carbocycles. The molecule has 0 saturated carbocycles. The van der Waals surface area contributed by atoms with Gasteiger partial charge in [0, 0.05) is 16.4 Å². The molecule has 0 spiro atoms. The van der Waals surface area contributed by atoms with Crippen LogP contribution in [0.15, 0.2) is 53.1 Å². The predicted molar refractivity (Wildman–Crippen MR) is 91.2 cm³/mol. The van der Waals surface area contributed by atoms with Crippen molar-refractivity contribution >= 4 is 33.7 Å². The number of carbonyl (C=O) groups is 1. The molecule has 2 rings (SSSR count). The van der Waals surface area contributed by atoms with E-state index in [2.05, 4.69) is 26.6 Å². The Morgan fingerprint density at radius 1 is 1.10 bits per heavy atom. The first-order valence-electron chi connectivity index (χ1n) is 6.62. The van der Waals surface area contributed by atoms with E-state index in [4.69, 9.17) is 0 Å². The van der Waals surface area contributed by atoms with Crippen LogP contribution in [-0.2, 0) is 0 Å². The fourth-order valence-corrected chi connectivity index (χ4v) is 2.10. The van der Waals surface area contributed by atoms with Crippen molar-refractivity contribution in [3.63, 3.8) is 0 Å². The van der Waals surface area contributed by atoms with Crippen molar-refractivity contribution in [2.24, 2.45) is 0 Å². The molecule has 0 aromatic heterocycles. The second kappa shape index (κ2) is 7.09. The highest BCUT2D eigenvalue weighted by molar-refractivity contribution is 9.10. The van der Waals surface area contributed by atoms with E-state index < -0.39 is 0 Å². The van der Waals surface area contributed by atoms with Crippen LogP contribution < -0.4 is 10.6 Å². The lowest BCUT2D eigenvalue weighted by atomic mass is 10.1. The van der Waals surface area contributed by atoms with Crippen LogP contribution in [0.3, 0.4) is 0 Å². The van der Waals surface area contributed by atoms with Crippen LogP contribution in [0.4, 0.5) is 10.5 Å². The van der Waals surface area contributed by atoms with E-state index in [0.29, 0.717) is 0 Å². The summed E-state index contributed by atoms with van der Waals surface area (Å²) in [5.41, 5.74) is 4.07. The number of aryl methyl sites for hydroxylation is 1. The molecule has 0 saturated heterocycles. The molecule has 0 aliphatic rings. The molecule has 21 heavy (non-hydrogen) atoms. The minimum atomic E-state index is -0.253. The van der Waals surface area contributed by atoms with Crippen molar-refractivity contribution in [3.8, 4) is 0 Å². The minimum absolute atomic E-state index is 0.253. The van der Waals surface area contributed by atoms with Gasteiger partial charge in [0.25, 0.3) is 0 Å². The van der Waals surface area contributed by atoms with Crippen molar-refractivity contribution in [1.29, 1.82) is 0 Å². The van der Waals surface area contributed by atoms with Crippen LogP contribution in [-0.4, -0.2) is 6.03 Å². The molecule has 0 heterocycles. The number of urea groups is 1. The van der Waals surface area contributed by atoms with Gasteiger partial charge in [0.15, 0.2) is 0 Å². The van der Waals surface area contributed by atoms with Gasteiger partial charge in [-0.05, 0) is 54.8 Å². The second-order valence-corrected chi connectivity index (χ2v) is 5.65. The van der Waals surface area contributed by atoms with E-state index in [9.17, 15) is 4.79 Å². The maximum absolute atomic E-state index is 11.8.